The average Bonchev–Trinajstić information content (AvgIpc) is 2.35. The number of methoxy groups -OCH3 is 1. The monoisotopic (exact) mass is 302 g/mol. The molecule has 0 aliphatic rings. The van der Waals surface area contributed by atoms with E-state index in [2.05, 4.69) is 15.9 Å². The van der Waals surface area contributed by atoms with E-state index in [0.717, 1.165) is 10.8 Å². The summed E-state index contributed by atoms with van der Waals surface area (Å²) in [5.74, 6) is 0.658. The highest BCUT2D eigenvalue weighted by Gasteiger charge is 2.01. The molecule has 0 atom stereocenters. The second kappa shape index (κ2) is 8.22. The minimum atomic E-state index is 0.448. The van der Waals surface area contributed by atoms with Crippen LogP contribution in [0.1, 0.15) is 10.4 Å². The van der Waals surface area contributed by atoms with Gasteiger partial charge in [0.15, 0.2) is 6.29 Å². The minimum absolute atomic E-state index is 0.448. The normalized spacial score (nSPS) is 10.2. The Morgan fingerprint density at radius 3 is 2.71 bits per heavy atom. The fourth-order valence-corrected chi connectivity index (χ4v) is 1.50. The number of aldehydes is 1. The lowest BCUT2D eigenvalue weighted by atomic mass is 10.2. The Balaban J connectivity index is 2.29. The lowest BCUT2D eigenvalue weighted by molar-refractivity contribution is 0.0544. The van der Waals surface area contributed by atoms with E-state index < -0.39 is 0 Å². The van der Waals surface area contributed by atoms with Crippen molar-refractivity contribution < 1.29 is 19.0 Å². The van der Waals surface area contributed by atoms with Gasteiger partial charge in [-0.25, -0.2) is 0 Å². The van der Waals surface area contributed by atoms with E-state index in [1.807, 2.05) is 0 Å². The molecular weight excluding hydrogens is 288 g/mol. The Labute approximate surface area is 109 Å². The predicted octanol–water partition coefficient (Wildman–Crippen LogP) is 2.30. The van der Waals surface area contributed by atoms with Crippen LogP contribution in [0.4, 0.5) is 0 Å². The summed E-state index contributed by atoms with van der Waals surface area (Å²) in [6, 6.07) is 5.27. The van der Waals surface area contributed by atoms with Crippen molar-refractivity contribution in [3.8, 4) is 5.75 Å². The number of ether oxygens (including phenoxy) is 3. The molecule has 0 amide bonds. The van der Waals surface area contributed by atoms with Gasteiger partial charge in [0.25, 0.3) is 0 Å². The van der Waals surface area contributed by atoms with Gasteiger partial charge in [-0.1, -0.05) is 15.9 Å². The van der Waals surface area contributed by atoms with Crippen LogP contribution in [0.3, 0.4) is 0 Å². The van der Waals surface area contributed by atoms with E-state index in [1.165, 1.54) is 0 Å². The Bertz CT molecular complexity index is 354. The van der Waals surface area contributed by atoms with Gasteiger partial charge in [0, 0.05) is 17.1 Å². The quantitative estimate of drug-likeness (QED) is 0.546. The molecule has 0 aliphatic heterocycles. The molecule has 1 rings (SSSR count). The minimum Gasteiger partial charge on any atom is -0.491 e. The summed E-state index contributed by atoms with van der Waals surface area (Å²) in [5.41, 5.74) is 0.572. The predicted molar refractivity (Wildman–Crippen MR) is 67.7 cm³/mol. The van der Waals surface area contributed by atoms with E-state index in [1.54, 1.807) is 25.3 Å². The number of halogens is 1. The van der Waals surface area contributed by atoms with Gasteiger partial charge in [0.05, 0.1) is 19.8 Å². The second-order valence-corrected chi connectivity index (χ2v) is 4.11. The molecule has 0 saturated heterocycles. The van der Waals surface area contributed by atoms with Crippen LogP contribution in [0.15, 0.2) is 22.7 Å². The molecule has 0 unspecified atom stereocenters. The molecule has 1 aromatic carbocycles. The van der Waals surface area contributed by atoms with Crippen LogP contribution in [-0.4, -0.2) is 39.8 Å². The van der Waals surface area contributed by atoms with Crippen molar-refractivity contribution in [2.45, 2.75) is 0 Å². The number of rotatable bonds is 8. The smallest absolute Gasteiger partial charge is 0.151 e. The van der Waals surface area contributed by atoms with Gasteiger partial charge in [-0.05, 0) is 18.2 Å². The van der Waals surface area contributed by atoms with E-state index in [0.29, 0.717) is 37.7 Å². The molecule has 94 valence electrons. The number of carbonyl (C=O) groups is 1. The van der Waals surface area contributed by atoms with Crippen molar-refractivity contribution in [1.29, 1.82) is 0 Å². The van der Waals surface area contributed by atoms with Crippen molar-refractivity contribution in [2.75, 3.05) is 33.5 Å². The summed E-state index contributed by atoms with van der Waals surface area (Å²) in [6.45, 7) is 2.08. The molecule has 0 spiro atoms. The molecular formula is C12H15BrO4. The van der Waals surface area contributed by atoms with Gasteiger partial charge >= 0.3 is 0 Å². The maximum atomic E-state index is 10.7. The van der Waals surface area contributed by atoms with Crippen LogP contribution < -0.4 is 4.74 Å². The first kappa shape index (κ1) is 14.2. The first-order chi connectivity index (χ1) is 8.27. The van der Waals surface area contributed by atoms with Crippen molar-refractivity contribution in [3.63, 3.8) is 0 Å². The topological polar surface area (TPSA) is 44.8 Å². The number of hydrogen-bond acceptors (Lipinski definition) is 4. The fourth-order valence-electron chi connectivity index (χ4n) is 1.16. The average molecular weight is 303 g/mol. The van der Waals surface area contributed by atoms with Crippen molar-refractivity contribution in [1.82, 2.24) is 0 Å². The Hall–Kier alpha value is -0.910. The fraction of sp³-hybridized carbons (Fsp3) is 0.417. The summed E-state index contributed by atoms with van der Waals surface area (Å²) < 4.78 is 16.3. The first-order valence-electron chi connectivity index (χ1n) is 5.22. The van der Waals surface area contributed by atoms with Crippen LogP contribution in [0.25, 0.3) is 0 Å². The third-order valence-electron chi connectivity index (χ3n) is 2.02. The van der Waals surface area contributed by atoms with Crippen LogP contribution in [0.5, 0.6) is 5.75 Å². The maximum absolute atomic E-state index is 10.7. The zero-order valence-electron chi connectivity index (χ0n) is 9.65. The van der Waals surface area contributed by atoms with Crippen LogP contribution in [-0.2, 0) is 9.47 Å². The van der Waals surface area contributed by atoms with Gasteiger partial charge in [0.2, 0.25) is 0 Å². The number of carbonyl (C=O) groups excluding carboxylic acids is 1. The SMILES string of the molecule is COCCOCCOc1ccc(Br)c(C=O)c1. The van der Waals surface area contributed by atoms with E-state index in [4.69, 9.17) is 14.2 Å². The molecule has 17 heavy (non-hydrogen) atoms. The van der Waals surface area contributed by atoms with Crippen LogP contribution in [0, 0.1) is 0 Å². The highest BCUT2D eigenvalue weighted by Crippen LogP contribution is 2.20. The highest BCUT2D eigenvalue weighted by molar-refractivity contribution is 9.10. The standard InChI is InChI=1S/C12H15BrO4/c1-15-4-5-16-6-7-17-11-2-3-12(13)10(8-11)9-14/h2-3,8-9H,4-7H2,1H3. The van der Waals surface area contributed by atoms with Crippen molar-refractivity contribution in [2.24, 2.45) is 0 Å². The Kier molecular flexibility index (Phi) is 6.84. The summed E-state index contributed by atoms with van der Waals surface area (Å²) in [6.07, 6.45) is 0.784. The third-order valence-corrected chi connectivity index (χ3v) is 2.74. The second-order valence-electron chi connectivity index (χ2n) is 3.25. The molecule has 0 saturated carbocycles. The molecule has 0 radical (unpaired) electrons. The molecule has 0 N–H and O–H groups in total. The van der Waals surface area contributed by atoms with Gasteiger partial charge in [-0.2, -0.15) is 0 Å². The number of benzene rings is 1. The van der Waals surface area contributed by atoms with Crippen LogP contribution in [0.2, 0.25) is 0 Å². The highest BCUT2D eigenvalue weighted by atomic mass is 79.9. The maximum Gasteiger partial charge on any atom is 0.151 e. The summed E-state index contributed by atoms with van der Waals surface area (Å²) >= 11 is 3.28. The van der Waals surface area contributed by atoms with E-state index in [9.17, 15) is 4.79 Å². The lowest BCUT2D eigenvalue weighted by Gasteiger charge is -2.07. The zero-order chi connectivity index (χ0) is 12.5. The Morgan fingerprint density at radius 2 is 2.00 bits per heavy atom. The molecule has 0 bridgehead atoms. The molecule has 4 nitrogen and oxygen atoms in total. The molecule has 0 aliphatic carbocycles. The largest absolute Gasteiger partial charge is 0.491 e. The van der Waals surface area contributed by atoms with Gasteiger partial charge in [-0.3, -0.25) is 4.79 Å². The van der Waals surface area contributed by atoms with Crippen molar-refractivity contribution in [3.05, 3.63) is 28.2 Å². The molecule has 0 heterocycles. The molecule has 0 fully saturated rings. The van der Waals surface area contributed by atoms with Gasteiger partial charge < -0.3 is 14.2 Å². The van der Waals surface area contributed by atoms with E-state index >= 15 is 0 Å². The summed E-state index contributed by atoms with van der Waals surface area (Å²) in [4.78, 5) is 10.7. The third kappa shape index (κ3) is 5.30. The van der Waals surface area contributed by atoms with Crippen LogP contribution >= 0.6 is 15.9 Å². The molecule has 0 aromatic heterocycles. The first-order valence-corrected chi connectivity index (χ1v) is 6.01. The molecule has 1 aromatic rings. The van der Waals surface area contributed by atoms with Gasteiger partial charge in [-0.15, -0.1) is 0 Å². The van der Waals surface area contributed by atoms with Gasteiger partial charge in [0.1, 0.15) is 12.4 Å². The van der Waals surface area contributed by atoms with Crippen molar-refractivity contribution >= 4 is 22.2 Å². The molecule has 5 heteroatoms. The Morgan fingerprint density at radius 1 is 1.24 bits per heavy atom. The van der Waals surface area contributed by atoms with E-state index in [-0.39, 0.29) is 0 Å². The zero-order valence-corrected chi connectivity index (χ0v) is 11.2. The summed E-state index contributed by atoms with van der Waals surface area (Å²) in [7, 11) is 1.63. The summed E-state index contributed by atoms with van der Waals surface area (Å²) in [5, 5.41) is 0. The number of hydrogen-bond donors (Lipinski definition) is 0. The lowest BCUT2D eigenvalue weighted by Crippen LogP contribution is -2.10.